The smallest absolute Gasteiger partial charge is 0.336 e. The van der Waals surface area contributed by atoms with Crippen LogP contribution in [0.5, 0.6) is 11.8 Å². The Morgan fingerprint density at radius 3 is 2.86 bits per heavy atom. The number of carbonyl (C=O) groups excluding carboxylic acids is 1. The lowest BCUT2D eigenvalue weighted by Crippen LogP contribution is -2.16. The van der Waals surface area contributed by atoms with Crippen LogP contribution in [0, 0.1) is 13.8 Å². The van der Waals surface area contributed by atoms with Crippen molar-refractivity contribution in [3.05, 3.63) is 29.3 Å². The van der Waals surface area contributed by atoms with Crippen molar-refractivity contribution in [2.24, 2.45) is 0 Å². The van der Waals surface area contributed by atoms with Crippen LogP contribution in [0.2, 0.25) is 0 Å². The number of aromatic amines is 1. The third-order valence-corrected chi connectivity index (χ3v) is 2.82. The molecule has 0 atom stereocenters. The molecule has 0 unspecified atom stereocenters. The molecule has 1 amide bonds. The maximum atomic E-state index is 11.7. The van der Waals surface area contributed by atoms with Crippen molar-refractivity contribution >= 4 is 11.9 Å². The van der Waals surface area contributed by atoms with Gasteiger partial charge in [0.25, 0.3) is 0 Å². The molecule has 0 aliphatic heterocycles. The summed E-state index contributed by atoms with van der Waals surface area (Å²) in [6.45, 7) is 4.29. The number of rotatable bonds is 6. The molecule has 7 heteroatoms. The largest absolute Gasteiger partial charge is 0.493 e. The number of carbonyl (C=O) groups is 1. The second-order valence-corrected chi connectivity index (χ2v) is 4.59. The van der Waals surface area contributed by atoms with E-state index in [0.717, 1.165) is 11.3 Å². The van der Waals surface area contributed by atoms with Crippen LogP contribution in [0.1, 0.15) is 17.5 Å². The Morgan fingerprint density at radius 1 is 1.38 bits per heavy atom. The number of anilines is 1. The van der Waals surface area contributed by atoms with Crippen molar-refractivity contribution < 1.29 is 14.3 Å². The van der Waals surface area contributed by atoms with Gasteiger partial charge in [0.2, 0.25) is 11.9 Å². The average Bonchev–Trinajstić information content (AvgIpc) is 2.89. The number of hydrogen-bond donors (Lipinski definition) is 2. The quantitative estimate of drug-likeness (QED) is 0.847. The summed E-state index contributed by atoms with van der Waals surface area (Å²) in [7, 11) is 1.45. The maximum Gasteiger partial charge on any atom is 0.336 e. The summed E-state index contributed by atoms with van der Waals surface area (Å²) in [5.74, 6) is 0.830. The highest BCUT2D eigenvalue weighted by Crippen LogP contribution is 2.18. The van der Waals surface area contributed by atoms with Crippen LogP contribution in [0.15, 0.2) is 18.2 Å². The minimum atomic E-state index is -0.210. The van der Waals surface area contributed by atoms with E-state index in [1.165, 1.54) is 12.7 Å². The number of aromatic nitrogens is 3. The number of ether oxygens (including phenoxy) is 2. The van der Waals surface area contributed by atoms with E-state index in [1.807, 2.05) is 32.0 Å². The molecule has 0 spiro atoms. The molecule has 1 aromatic carbocycles. The first-order chi connectivity index (χ1) is 10.1. The van der Waals surface area contributed by atoms with Crippen LogP contribution in [-0.2, 0) is 4.79 Å². The van der Waals surface area contributed by atoms with Gasteiger partial charge in [-0.25, -0.2) is 5.10 Å². The molecule has 2 N–H and O–H groups in total. The van der Waals surface area contributed by atoms with Crippen LogP contribution in [0.3, 0.4) is 0 Å². The van der Waals surface area contributed by atoms with E-state index in [1.54, 1.807) is 0 Å². The zero-order valence-electron chi connectivity index (χ0n) is 12.3. The summed E-state index contributed by atoms with van der Waals surface area (Å²) in [6, 6.07) is 6.10. The summed E-state index contributed by atoms with van der Waals surface area (Å²) < 4.78 is 10.4. The molecule has 2 rings (SSSR count). The summed E-state index contributed by atoms with van der Waals surface area (Å²) in [5.41, 5.74) is 2.23. The van der Waals surface area contributed by atoms with Gasteiger partial charge in [0.15, 0.2) is 0 Å². The van der Waals surface area contributed by atoms with Crippen LogP contribution in [0.4, 0.5) is 5.95 Å². The molecule has 2 aromatic rings. The van der Waals surface area contributed by atoms with Crippen molar-refractivity contribution in [3.8, 4) is 11.8 Å². The Hall–Kier alpha value is -2.57. The van der Waals surface area contributed by atoms with E-state index >= 15 is 0 Å². The van der Waals surface area contributed by atoms with Gasteiger partial charge in [-0.2, -0.15) is 4.98 Å². The molecular weight excluding hydrogens is 272 g/mol. The Balaban J connectivity index is 1.78. The standard InChI is InChI=1S/C14H18N4O3/c1-9-4-5-11(10(2)8-9)21-7-6-12(19)15-13-16-14(20-3)18-17-13/h4-5,8H,6-7H2,1-3H3,(H2,15,16,17,18,19). The molecule has 0 saturated heterocycles. The highest BCUT2D eigenvalue weighted by Gasteiger charge is 2.08. The highest BCUT2D eigenvalue weighted by molar-refractivity contribution is 5.88. The van der Waals surface area contributed by atoms with Crippen molar-refractivity contribution in [2.45, 2.75) is 20.3 Å². The number of nitrogens with one attached hydrogen (secondary N) is 2. The minimum absolute atomic E-state index is 0.178. The third kappa shape index (κ3) is 4.20. The molecule has 1 aromatic heterocycles. The van der Waals surface area contributed by atoms with Gasteiger partial charge in [-0.1, -0.05) is 17.7 Å². The van der Waals surface area contributed by atoms with E-state index in [2.05, 4.69) is 20.5 Å². The summed E-state index contributed by atoms with van der Waals surface area (Å²) >= 11 is 0. The molecule has 0 aliphatic rings. The molecular formula is C14H18N4O3. The van der Waals surface area contributed by atoms with Gasteiger partial charge in [-0.3, -0.25) is 10.1 Å². The molecule has 7 nitrogen and oxygen atoms in total. The van der Waals surface area contributed by atoms with Crippen molar-refractivity contribution in [1.29, 1.82) is 0 Å². The molecule has 0 fully saturated rings. The van der Waals surface area contributed by atoms with Crippen molar-refractivity contribution in [3.63, 3.8) is 0 Å². The van der Waals surface area contributed by atoms with Crippen LogP contribution in [-0.4, -0.2) is 34.8 Å². The minimum Gasteiger partial charge on any atom is -0.493 e. The number of H-pyrrole nitrogens is 1. The van der Waals surface area contributed by atoms with E-state index in [-0.39, 0.29) is 24.3 Å². The predicted molar refractivity (Wildman–Crippen MR) is 77.6 cm³/mol. The lowest BCUT2D eigenvalue weighted by Gasteiger charge is -2.09. The molecule has 1 heterocycles. The van der Waals surface area contributed by atoms with E-state index in [9.17, 15) is 4.79 Å². The second-order valence-electron chi connectivity index (χ2n) is 4.59. The average molecular weight is 290 g/mol. The Kier molecular flexibility index (Phi) is 4.76. The zero-order chi connectivity index (χ0) is 15.2. The third-order valence-electron chi connectivity index (χ3n) is 2.82. The first-order valence-electron chi connectivity index (χ1n) is 6.55. The van der Waals surface area contributed by atoms with E-state index in [4.69, 9.17) is 9.47 Å². The van der Waals surface area contributed by atoms with Gasteiger partial charge < -0.3 is 9.47 Å². The van der Waals surface area contributed by atoms with Gasteiger partial charge >= 0.3 is 6.01 Å². The summed E-state index contributed by atoms with van der Waals surface area (Å²) in [6.07, 6.45) is 0.219. The van der Waals surface area contributed by atoms with Crippen LogP contribution < -0.4 is 14.8 Å². The monoisotopic (exact) mass is 290 g/mol. The fourth-order valence-electron chi connectivity index (χ4n) is 1.80. The second kappa shape index (κ2) is 6.74. The molecule has 112 valence electrons. The molecule has 0 radical (unpaired) electrons. The van der Waals surface area contributed by atoms with E-state index < -0.39 is 0 Å². The van der Waals surface area contributed by atoms with Gasteiger partial charge in [0, 0.05) is 0 Å². The molecule has 0 saturated carbocycles. The number of amides is 1. The van der Waals surface area contributed by atoms with Gasteiger partial charge in [-0.05, 0) is 25.5 Å². The molecule has 21 heavy (non-hydrogen) atoms. The number of aryl methyl sites for hydroxylation is 2. The van der Waals surface area contributed by atoms with Crippen LogP contribution in [0.25, 0.3) is 0 Å². The number of methoxy groups -OCH3 is 1. The van der Waals surface area contributed by atoms with Crippen molar-refractivity contribution in [1.82, 2.24) is 15.2 Å². The Bertz CT molecular complexity index is 624. The zero-order valence-corrected chi connectivity index (χ0v) is 12.3. The normalized spacial score (nSPS) is 10.2. The highest BCUT2D eigenvalue weighted by atomic mass is 16.5. The van der Waals surface area contributed by atoms with E-state index in [0.29, 0.717) is 6.61 Å². The van der Waals surface area contributed by atoms with Gasteiger partial charge in [0.1, 0.15) is 5.75 Å². The summed E-state index contributed by atoms with van der Waals surface area (Å²) in [4.78, 5) is 15.6. The van der Waals surface area contributed by atoms with Gasteiger partial charge in [-0.15, -0.1) is 5.10 Å². The summed E-state index contributed by atoms with van der Waals surface area (Å²) in [5, 5.41) is 8.86. The number of nitrogens with zero attached hydrogens (tertiary/aromatic N) is 2. The Morgan fingerprint density at radius 2 is 2.19 bits per heavy atom. The van der Waals surface area contributed by atoms with Crippen LogP contribution >= 0.6 is 0 Å². The fraction of sp³-hybridized carbons (Fsp3) is 0.357. The molecule has 0 aliphatic carbocycles. The predicted octanol–water partition coefficient (Wildman–Crippen LogP) is 1.84. The maximum absolute atomic E-state index is 11.7. The SMILES string of the molecule is COc1n[nH]c(NC(=O)CCOc2ccc(C)cc2C)n1. The lowest BCUT2D eigenvalue weighted by atomic mass is 10.1. The Labute approximate surface area is 122 Å². The lowest BCUT2D eigenvalue weighted by molar-refractivity contribution is -0.116. The first kappa shape index (κ1) is 14.8. The van der Waals surface area contributed by atoms with Gasteiger partial charge in [0.05, 0.1) is 20.1 Å². The molecule has 0 bridgehead atoms. The number of benzene rings is 1. The fourth-order valence-corrected chi connectivity index (χ4v) is 1.80. The number of hydrogen-bond acceptors (Lipinski definition) is 5. The topological polar surface area (TPSA) is 89.1 Å². The van der Waals surface area contributed by atoms with Crippen molar-refractivity contribution in [2.75, 3.05) is 19.0 Å². The first-order valence-corrected chi connectivity index (χ1v) is 6.55.